The Morgan fingerprint density at radius 2 is 2.05 bits per heavy atom. The molecule has 0 aliphatic heterocycles. The number of fused-ring (bicyclic) bond motifs is 1. The van der Waals surface area contributed by atoms with Crippen molar-refractivity contribution in [3.05, 3.63) is 48.4 Å². The number of sulfonamides is 1. The van der Waals surface area contributed by atoms with E-state index in [1.165, 1.54) is 6.20 Å². The van der Waals surface area contributed by atoms with Gasteiger partial charge in [-0.15, -0.1) is 0 Å². The van der Waals surface area contributed by atoms with Crippen molar-refractivity contribution in [1.82, 2.24) is 15.0 Å². The average Bonchev–Trinajstić information content (AvgIpc) is 2.86. The molecule has 3 rings (SSSR count). The van der Waals surface area contributed by atoms with Gasteiger partial charge in [0, 0.05) is 24.0 Å². The Bertz CT molecular complexity index is 853. The summed E-state index contributed by atoms with van der Waals surface area (Å²) in [6.45, 7) is 1.89. The fourth-order valence-electron chi connectivity index (χ4n) is 1.87. The number of nitrogens with one attached hydrogen (secondary N) is 2. The molecule has 20 heavy (non-hydrogen) atoms. The molecular formula is C13H12N4O2S. The second-order valence-corrected chi connectivity index (χ2v) is 6.03. The molecule has 2 N–H and O–H groups in total. The van der Waals surface area contributed by atoms with Crippen molar-refractivity contribution in [2.45, 2.75) is 11.8 Å². The molecule has 0 bridgehead atoms. The molecule has 0 unspecified atom stereocenters. The zero-order valence-electron chi connectivity index (χ0n) is 10.7. The summed E-state index contributed by atoms with van der Waals surface area (Å²) in [5, 5.41) is 0.548. The summed E-state index contributed by atoms with van der Waals surface area (Å²) in [5.41, 5.74) is 1.49. The summed E-state index contributed by atoms with van der Waals surface area (Å²) < 4.78 is 27.2. The minimum atomic E-state index is -3.69. The lowest BCUT2D eigenvalue weighted by Crippen LogP contribution is -2.13. The van der Waals surface area contributed by atoms with E-state index in [-0.39, 0.29) is 10.7 Å². The Morgan fingerprint density at radius 3 is 2.80 bits per heavy atom. The van der Waals surface area contributed by atoms with E-state index in [0.29, 0.717) is 11.0 Å². The van der Waals surface area contributed by atoms with Crippen LogP contribution in [0.3, 0.4) is 0 Å². The number of nitrogens with zero attached hydrogens (tertiary/aromatic N) is 2. The van der Waals surface area contributed by atoms with Gasteiger partial charge >= 0.3 is 0 Å². The lowest BCUT2D eigenvalue weighted by Gasteiger charge is -2.06. The normalized spacial score (nSPS) is 11.7. The highest BCUT2D eigenvalue weighted by Crippen LogP contribution is 2.22. The Morgan fingerprint density at radius 1 is 1.20 bits per heavy atom. The van der Waals surface area contributed by atoms with Gasteiger partial charge in [0.25, 0.3) is 10.0 Å². The van der Waals surface area contributed by atoms with Crippen LogP contribution in [0.1, 0.15) is 5.56 Å². The van der Waals surface area contributed by atoms with Crippen molar-refractivity contribution >= 4 is 26.9 Å². The van der Waals surface area contributed by atoms with E-state index in [1.54, 1.807) is 36.7 Å². The second-order valence-electron chi connectivity index (χ2n) is 4.38. The molecule has 3 aromatic rings. The molecule has 7 heteroatoms. The monoisotopic (exact) mass is 288 g/mol. The maximum atomic E-state index is 12.4. The van der Waals surface area contributed by atoms with Gasteiger partial charge in [-0.05, 0) is 30.7 Å². The van der Waals surface area contributed by atoms with Crippen LogP contribution >= 0.6 is 0 Å². The van der Waals surface area contributed by atoms with E-state index < -0.39 is 10.0 Å². The number of anilines is 1. The average molecular weight is 288 g/mol. The molecule has 0 spiro atoms. The molecule has 0 amide bonds. The summed E-state index contributed by atoms with van der Waals surface area (Å²) >= 11 is 0. The summed E-state index contributed by atoms with van der Waals surface area (Å²) in [4.78, 5) is 11.1. The summed E-state index contributed by atoms with van der Waals surface area (Å²) in [6.07, 6.45) is 4.63. The zero-order valence-corrected chi connectivity index (χ0v) is 11.5. The highest BCUT2D eigenvalue weighted by Gasteiger charge is 2.19. The van der Waals surface area contributed by atoms with Gasteiger partial charge in [-0.1, -0.05) is 6.07 Å². The number of hydrogen-bond acceptors (Lipinski definition) is 4. The van der Waals surface area contributed by atoms with Crippen molar-refractivity contribution < 1.29 is 8.42 Å². The van der Waals surface area contributed by atoms with Gasteiger partial charge in [0.2, 0.25) is 0 Å². The SMILES string of the molecule is Cc1ccc(NS(=O)(=O)c2c[nH]c3ncccc23)nc1. The van der Waals surface area contributed by atoms with Crippen molar-refractivity contribution in [2.24, 2.45) is 0 Å². The Hall–Kier alpha value is -2.41. The number of pyridine rings is 2. The third-order valence-electron chi connectivity index (χ3n) is 2.85. The first kappa shape index (κ1) is 12.6. The van der Waals surface area contributed by atoms with Gasteiger partial charge in [-0.25, -0.2) is 18.4 Å². The van der Waals surface area contributed by atoms with E-state index in [2.05, 4.69) is 19.7 Å². The van der Waals surface area contributed by atoms with Crippen LogP contribution in [-0.2, 0) is 10.0 Å². The van der Waals surface area contributed by atoms with Crippen molar-refractivity contribution in [2.75, 3.05) is 4.72 Å². The van der Waals surface area contributed by atoms with Crippen LogP contribution in [0.15, 0.2) is 47.8 Å². The van der Waals surface area contributed by atoms with Crippen LogP contribution in [0.5, 0.6) is 0 Å². The molecule has 0 aliphatic rings. The van der Waals surface area contributed by atoms with Crippen LogP contribution < -0.4 is 4.72 Å². The third-order valence-corrected chi connectivity index (χ3v) is 4.25. The van der Waals surface area contributed by atoms with Crippen LogP contribution in [0.4, 0.5) is 5.82 Å². The van der Waals surface area contributed by atoms with E-state index in [9.17, 15) is 8.42 Å². The minimum Gasteiger partial charge on any atom is -0.345 e. The Balaban J connectivity index is 2.01. The number of hydrogen-bond donors (Lipinski definition) is 2. The van der Waals surface area contributed by atoms with Crippen LogP contribution in [0.2, 0.25) is 0 Å². The predicted molar refractivity (Wildman–Crippen MR) is 75.9 cm³/mol. The predicted octanol–water partition coefficient (Wildman–Crippen LogP) is 2.07. The standard InChI is InChI=1S/C13H12N4O2S/c1-9-4-5-12(15-7-9)17-20(18,19)11-8-16-13-10(11)3-2-6-14-13/h2-8H,1H3,(H,14,16)(H,15,17). The van der Waals surface area contributed by atoms with Gasteiger partial charge in [-0.3, -0.25) is 4.72 Å². The number of aromatic nitrogens is 3. The van der Waals surface area contributed by atoms with Crippen molar-refractivity contribution in [1.29, 1.82) is 0 Å². The molecule has 3 aromatic heterocycles. The molecule has 0 aromatic carbocycles. The quantitative estimate of drug-likeness (QED) is 0.772. The molecule has 6 nitrogen and oxygen atoms in total. The van der Waals surface area contributed by atoms with Gasteiger partial charge < -0.3 is 4.98 Å². The van der Waals surface area contributed by atoms with Gasteiger partial charge in [0.05, 0.1) is 0 Å². The Kier molecular flexibility index (Phi) is 2.90. The molecule has 102 valence electrons. The maximum absolute atomic E-state index is 12.4. The van der Waals surface area contributed by atoms with Crippen molar-refractivity contribution in [3.8, 4) is 0 Å². The van der Waals surface area contributed by atoms with E-state index in [4.69, 9.17) is 0 Å². The largest absolute Gasteiger partial charge is 0.345 e. The molecule has 0 aliphatic carbocycles. The number of aryl methyl sites for hydroxylation is 1. The molecule has 0 radical (unpaired) electrons. The van der Waals surface area contributed by atoms with E-state index >= 15 is 0 Å². The number of H-pyrrole nitrogens is 1. The zero-order chi connectivity index (χ0) is 14.2. The lowest BCUT2D eigenvalue weighted by atomic mass is 10.3. The molecule has 3 heterocycles. The van der Waals surface area contributed by atoms with Crippen LogP contribution in [0.25, 0.3) is 11.0 Å². The first-order valence-electron chi connectivity index (χ1n) is 5.94. The fraction of sp³-hybridized carbons (Fsp3) is 0.0769. The smallest absolute Gasteiger partial charge is 0.265 e. The number of rotatable bonds is 3. The molecule has 0 saturated carbocycles. The first-order chi connectivity index (χ1) is 9.56. The Labute approximate surface area is 115 Å². The van der Waals surface area contributed by atoms with Gasteiger partial charge in [0.1, 0.15) is 16.4 Å². The topological polar surface area (TPSA) is 87.7 Å². The van der Waals surface area contributed by atoms with Gasteiger partial charge in [-0.2, -0.15) is 0 Å². The van der Waals surface area contributed by atoms with E-state index in [1.807, 2.05) is 6.92 Å². The fourth-order valence-corrected chi connectivity index (χ4v) is 3.05. The highest BCUT2D eigenvalue weighted by molar-refractivity contribution is 7.93. The third kappa shape index (κ3) is 2.23. The maximum Gasteiger partial charge on any atom is 0.265 e. The molecular weight excluding hydrogens is 276 g/mol. The van der Waals surface area contributed by atoms with Crippen LogP contribution in [0, 0.1) is 6.92 Å². The van der Waals surface area contributed by atoms with E-state index in [0.717, 1.165) is 5.56 Å². The second kappa shape index (κ2) is 4.61. The molecule has 0 saturated heterocycles. The molecule has 0 atom stereocenters. The minimum absolute atomic E-state index is 0.156. The molecule has 0 fully saturated rings. The highest BCUT2D eigenvalue weighted by atomic mass is 32.2. The summed E-state index contributed by atoms with van der Waals surface area (Å²) in [7, 11) is -3.69. The first-order valence-corrected chi connectivity index (χ1v) is 7.42. The number of aromatic amines is 1. The van der Waals surface area contributed by atoms with Crippen molar-refractivity contribution in [3.63, 3.8) is 0 Å². The van der Waals surface area contributed by atoms with Crippen LogP contribution in [-0.4, -0.2) is 23.4 Å². The van der Waals surface area contributed by atoms with Gasteiger partial charge in [0.15, 0.2) is 0 Å². The summed E-state index contributed by atoms with van der Waals surface area (Å²) in [5.74, 6) is 0.286. The summed E-state index contributed by atoms with van der Waals surface area (Å²) in [6, 6.07) is 6.82. The lowest BCUT2D eigenvalue weighted by molar-refractivity contribution is 0.602.